The lowest BCUT2D eigenvalue weighted by atomic mass is 9.99. The van der Waals surface area contributed by atoms with Gasteiger partial charge in [-0.1, -0.05) is 54.4 Å². The molecule has 0 aromatic heterocycles. The molecule has 0 spiro atoms. The van der Waals surface area contributed by atoms with E-state index in [1.165, 1.54) is 13.8 Å². The van der Waals surface area contributed by atoms with E-state index in [0.29, 0.717) is 12.3 Å². The first kappa shape index (κ1) is 72.9. The smallest absolute Gasteiger partial charge is 0.245 e. The highest BCUT2D eigenvalue weighted by Gasteiger charge is 2.37. The average molecular weight is 1160 g/mol. The Labute approximate surface area is 475 Å². The van der Waals surface area contributed by atoms with Crippen LogP contribution in [0.2, 0.25) is 0 Å². The van der Waals surface area contributed by atoms with Gasteiger partial charge in [-0.15, -0.1) is 0 Å². The van der Waals surface area contributed by atoms with Crippen LogP contribution in [0.3, 0.4) is 0 Å². The molecule has 13 atom stereocenters. The molecule has 13 unspecified atom stereocenters. The number of hydrogen-bond donors (Lipinski definition) is 18. The lowest BCUT2D eigenvalue weighted by molar-refractivity contribution is -0.137. The van der Waals surface area contributed by atoms with E-state index in [9.17, 15) is 63.0 Å². The first-order chi connectivity index (χ1) is 38.2. The van der Waals surface area contributed by atoms with Crippen LogP contribution >= 0.6 is 0 Å². The third kappa shape index (κ3) is 27.0. The van der Waals surface area contributed by atoms with Gasteiger partial charge >= 0.3 is 0 Å². The number of hydrogen-bond acceptors (Lipinski definition) is 18. The van der Waals surface area contributed by atoms with Gasteiger partial charge in [0.1, 0.15) is 60.4 Å². The minimum absolute atomic E-state index is 0.0146. The highest BCUT2D eigenvalue weighted by molar-refractivity contribution is 5.99. The molecule has 0 radical (unpaired) electrons. The molecule has 0 aliphatic carbocycles. The summed E-state index contributed by atoms with van der Waals surface area (Å²) >= 11 is 0. The number of nitrogens with two attached hydrogens (primary N) is 5. The minimum atomic E-state index is -1.69. The third-order valence-corrected chi connectivity index (χ3v) is 13.4. The topological polar surface area (TPSA) is 491 Å². The first-order valence-electron chi connectivity index (χ1n) is 28.3. The van der Waals surface area contributed by atoms with Crippen molar-refractivity contribution in [2.75, 3.05) is 39.3 Å². The zero-order chi connectivity index (χ0) is 61.5. The van der Waals surface area contributed by atoms with Gasteiger partial charge in [-0.25, -0.2) is 0 Å². The normalized spacial score (nSPS) is 23.6. The van der Waals surface area contributed by atoms with E-state index < -0.39 is 151 Å². The quantitative estimate of drug-likeness (QED) is 0.0347. The van der Waals surface area contributed by atoms with E-state index in [2.05, 4.69) is 65.4 Å². The van der Waals surface area contributed by atoms with Gasteiger partial charge in [0, 0.05) is 13.0 Å². The SMILES string of the molecule is CCC(C)CCCC(=O)NC(CCN)C(=O)NC(C(=O)NC(CCN)C(=O)NC1CCNC(=O)C(C(C)O)NC(=O)C(CCN)NC(=O)C(CCN)NC(=O)C(CC(C)C)NC(=O)C(CC(C)C)NC(=O)C(CCN)NC1=O)C(C)O. The summed E-state index contributed by atoms with van der Waals surface area (Å²) in [6, 6.07) is -14.5. The van der Waals surface area contributed by atoms with Crippen LogP contribution in [0.25, 0.3) is 0 Å². The molecule has 464 valence electrons. The van der Waals surface area contributed by atoms with E-state index in [4.69, 9.17) is 28.7 Å². The van der Waals surface area contributed by atoms with Crippen molar-refractivity contribution in [3.8, 4) is 0 Å². The Balaban J connectivity index is 3.84. The number of nitrogens with one attached hydrogen (secondary N) is 11. The van der Waals surface area contributed by atoms with Crippen LogP contribution in [0.1, 0.15) is 132 Å². The summed E-state index contributed by atoms with van der Waals surface area (Å²) in [7, 11) is 0. The molecule has 1 rings (SSSR count). The monoisotopic (exact) mass is 1150 g/mol. The number of carbonyl (C=O) groups is 11. The van der Waals surface area contributed by atoms with Crippen molar-refractivity contribution >= 4 is 65.0 Å². The maximum absolute atomic E-state index is 14.4. The molecule has 1 aliphatic heterocycles. The average Bonchev–Trinajstić information content (AvgIpc) is 3.41. The predicted octanol–water partition coefficient (Wildman–Crippen LogP) is -5.83. The van der Waals surface area contributed by atoms with Crippen molar-refractivity contribution in [1.29, 1.82) is 0 Å². The van der Waals surface area contributed by atoms with Gasteiger partial charge in [-0.2, -0.15) is 0 Å². The van der Waals surface area contributed by atoms with Crippen molar-refractivity contribution in [3.63, 3.8) is 0 Å². The Hall–Kier alpha value is -6.11. The molecule has 1 fully saturated rings. The molecule has 0 aromatic rings. The Morgan fingerprint density at radius 1 is 0.531 bits per heavy atom. The summed E-state index contributed by atoms with van der Waals surface area (Å²) in [5.74, 6) is -9.60. The first-order valence-corrected chi connectivity index (χ1v) is 28.3. The summed E-state index contributed by atoms with van der Waals surface area (Å²) in [4.78, 5) is 153. The molecule has 81 heavy (non-hydrogen) atoms. The van der Waals surface area contributed by atoms with E-state index in [1.54, 1.807) is 27.7 Å². The van der Waals surface area contributed by atoms with Gasteiger partial charge in [0.15, 0.2) is 0 Å². The van der Waals surface area contributed by atoms with Gasteiger partial charge < -0.3 is 97.4 Å². The lowest BCUT2D eigenvalue weighted by Crippen LogP contribution is -2.62. The molecular weight excluding hydrogens is 1060 g/mol. The van der Waals surface area contributed by atoms with Gasteiger partial charge in [0.2, 0.25) is 65.0 Å². The van der Waals surface area contributed by atoms with Crippen molar-refractivity contribution in [2.45, 2.75) is 205 Å². The molecule has 23 N–H and O–H groups in total. The fraction of sp³-hybridized carbons (Fsp3) is 0.788. The third-order valence-electron chi connectivity index (χ3n) is 13.4. The molecule has 1 heterocycles. The van der Waals surface area contributed by atoms with Crippen LogP contribution in [0.5, 0.6) is 0 Å². The number of amides is 11. The van der Waals surface area contributed by atoms with Crippen LogP contribution in [0.15, 0.2) is 0 Å². The molecule has 1 aliphatic rings. The van der Waals surface area contributed by atoms with Crippen LogP contribution < -0.4 is 87.2 Å². The Morgan fingerprint density at radius 3 is 1.38 bits per heavy atom. The number of carbonyl (C=O) groups excluding carboxylic acids is 11. The molecule has 0 aromatic carbocycles. The van der Waals surface area contributed by atoms with Crippen LogP contribution in [-0.4, -0.2) is 187 Å². The van der Waals surface area contributed by atoms with Gasteiger partial charge in [0.05, 0.1) is 12.2 Å². The number of rotatable bonds is 28. The van der Waals surface area contributed by atoms with Gasteiger partial charge in [0.25, 0.3) is 0 Å². The zero-order valence-electron chi connectivity index (χ0n) is 48.7. The molecule has 11 amide bonds. The number of aliphatic hydroxyl groups is 2. The van der Waals surface area contributed by atoms with Gasteiger partial charge in [-0.05, 0) is 122 Å². The highest BCUT2D eigenvalue weighted by Crippen LogP contribution is 2.13. The predicted molar refractivity (Wildman–Crippen MR) is 301 cm³/mol. The molecule has 1 saturated heterocycles. The number of aliphatic hydroxyl groups excluding tert-OH is 2. The van der Waals surface area contributed by atoms with E-state index >= 15 is 0 Å². The van der Waals surface area contributed by atoms with Crippen molar-refractivity contribution in [3.05, 3.63) is 0 Å². The fourth-order valence-corrected chi connectivity index (χ4v) is 8.60. The summed E-state index contributed by atoms with van der Waals surface area (Å²) in [6.45, 7) is 12.5. The van der Waals surface area contributed by atoms with Crippen molar-refractivity contribution in [2.24, 2.45) is 46.4 Å². The molecule has 29 heteroatoms. The Bertz CT molecular complexity index is 2050. The van der Waals surface area contributed by atoms with Gasteiger partial charge in [-0.3, -0.25) is 52.7 Å². The van der Waals surface area contributed by atoms with Crippen molar-refractivity contribution in [1.82, 2.24) is 58.5 Å². The summed E-state index contributed by atoms with van der Waals surface area (Å²) < 4.78 is 0. The van der Waals surface area contributed by atoms with E-state index in [0.717, 1.165) is 12.8 Å². The second-order valence-corrected chi connectivity index (χ2v) is 21.6. The zero-order valence-corrected chi connectivity index (χ0v) is 48.7. The standard InChI is InChI=1S/C52H98N16O13/c1-9-29(6)11-10-12-40(71)59-32(13-19-53)47(76)68-42(31(8)70)52(81)64-35(16-22-56)44(73)63-37-18-24-58-51(80)41(30(7)69)67-48(77)36(17-23-57)61-43(72)33(14-20-54)62-49(78)38(25-27(2)3)66-50(79)39(26-28(4)5)65-45(74)34(15-21-55)60-46(37)75/h27-39,41-42,69-70H,9-26,53-57H2,1-8H3,(H,58,80)(H,59,71)(H,60,75)(H,61,72)(H,62,78)(H,63,73)(H,64,81)(H,65,74)(H,66,79)(H,67,77)(H,68,76). The van der Waals surface area contributed by atoms with Crippen LogP contribution in [0, 0.1) is 17.8 Å². The largest absolute Gasteiger partial charge is 0.391 e. The summed E-state index contributed by atoms with van der Waals surface area (Å²) in [5.41, 5.74) is 29.2. The highest BCUT2D eigenvalue weighted by atomic mass is 16.3. The van der Waals surface area contributed by atoms with E-state index in [1.807, 2.05) is 6.92 Å². The van der Waals surface area contributed by atoms with Crippen molar-refractivity contribution < 1.29 is 63.0 Å². The minimum Gasteiger partial charge on any atom is -0.391 e. The second kappa shape index (κ2) is 38.6. The summed E-state index contributed by atoms with van der Waals surface area (Å²) in [5, 5.41) is 49.5. The summed E-state index contributed by atoms with van der Waals surface area (Å²) in [6.07, 6.45) is -1.79. The maximum Gasteiger partial charge on any atom is 0.245 e. The maximum atomic E-state index is 14.4. The van der Waals surface area contributed by atoms with Crippen LogP contribution in [0.4, 0.5) is 0 Å². The molecule has 29 nitrogen and oxygen atoms in total. The second-order valence-electron chi connectivity index (χ2n) is 21.6. The molecule has 0 bridgehead atoms. The van der Waals surface area contributed by atoms with E-state index in [-0.39, 0.29) is 95.9 Å². The fourth-order valence-electron chi connectivity index (χ4n) is 8.60. The Morgan fingerprint density at radius 2 is 0.963 bits per heavy atom. The Kier molecular flexibility index (Phi) is 34.7. The van der Waals surface area contributed by atoms with Crippen LogP contribution in [-0.2, 0) is 52.7 Å². The lowest BCUT2D eigenvalue weighted by Gasteiger charge is -2.29. The molecular formula is C52H98N16O13. The molecule has 0 saturated carbocycles.